The molecule has 0 fully saturated rings. The van der Waals surface area contributed by atoms with Crippen molar-refractivity contribution in [1.82, 2.24) is 0 Å². The molecule has 0 saturated carbocycles. The van der Waals surface area contributed by atoms with Crippen molar-refractivity contribution in [2.24, 2.45) is 0 Å². The largest absolute Gasteiger partial charge is 0.497 e. The molecule has 0 saturated heterocycles. The second-order valence-electron chi connectivity index (χ2n) is 2.51. The van der Waals surface area contributed by atoms with E-state index >= 15 is 0 Å². The number of rotatable bonds is 8. The zero-order valence-electron chi connectivity index (χ0n) is 9.05. The van der Waals surface area contributed by atoms with Crippen molar-refractivity contribution in [1.29, 1.82) is 0 Å². The van der Waals surface area contributed by atoms with Crippen LogP contribution >= 0.6 is 0 Å². The Morgan fingerprint density at radius 3 is 1.54 bits per heavy atom. The lowest BCUT2D eigenvalue weighted by molar-refractivity contribution is 0.0759. The van der Waals surface area contributed by atoms with Crippen LogP contribution in [0.3, 0.4) is 0 Å². The molecule has 0 heterocycles. The fourth-order valence-corrected chi connectivity index (χ4v) is 5.68. The lowest BCUT2D eigenvalue weighted by atomic mass is 10.9. The Morgan fingerprint density at radius 1 is 0.923 bits per heavy atom. The van der Waals surface area contributed by atoms with Crippen LogP contribution in [0.15, 0.2) is 0 Å². The molecule has 0 spiro atoms. The molecule has 3 nitrogen and oxygen atoms in total. The van der Waals surface area contributed by atoms with Crippen molar-refractivity contribution in [2.45, 2.75) is 33.0 Å². The summed E-state index contributed by atoms with van der Waals surface area (Å²) >= 11 is 0. The minimum Gasteiger partial charge on any atom is -0.374 e. The van der Waals surface area contributed by atoms with Gasteiger partial charge < -0.3 is 13.3 Å². The van der Waals surface area contributed by atoms with E-state index in [-0.39, 0.29) is 0 Å². The van der Waals surface area contributed by atoms with Crippen LogP contribution in [0, 0.1) is 0 Å². The molecule has 5 heteroatoms. The van der Waals surface area contributed by atoms with E-state index in [0.29, 0.717) is 19.8 Å². The molecule has 0 N–H and O–H groups in total. The monoisotopic (exact) mass is 220 g/mol. The van der Waals surface area contributed by atoms with Crippen LogP contribution in [0.2, 0.25) is 12.2 Å². The molecule has 0 aromatic heterocycles. The molecule has 2 radical (unpaired) electrons. The topological polar surface area (TPSA) is 27.7 Å². The van der Waals surface area contributed by atoms with E-state index in [1.807, 2.05) is 20.8 Å². The molecule has 0 aliphatic rings. The van der Waals surface area contributed by atoms with Crippen LogP contribution < -0.4 is 0 Å². The number of hydrogen-bond acceptors (Lipinski definition) is 3. The summed E-state index contributed by atoms with van der Waals surface area (Å²) in [6, 6.07) is 0. The molecule has 0 aromatic rings. The molecule has 0 aliphatic heterocycles. The summed E-state index contributed by atoms with van der Waals surface area (Å²) in [5.74, 6) is 0. The van der Waals surface area contributed by atoms with Gasteiger partial charge in [0, 0.05) is 35.0 Å². The minimum atomic E-state index is -2.28. The first-order valence-electron chi connectivity index (χ1n) is 4.81. The third-order valence-electron chi connectivity index (χ3n) is 1.49. The van der Waals surface area contributed by atoms with Gasteiger partial charge in [-0.2, -0.15) is 0 Å². The minimum absolute atomic E-state index is 0.677. The first kappa shape index (κ1) is 13.3. The maximum Gasteiger partial charge on any atom is 0.497 e. The second-order valence-corrected chi connectivity index (χ2v) is 6.87. The molecule has 13 heavy (non-hydrogen) atoms. The summed E-state index contributed by atoms with van der Waals surface area (Å²) in [5.41, 5.74) is 0.947. The maximum atomic E-state index is 5.65. The highest BCUT2D eigenvalue weighted by atomic mass is 28.4. The van der Waals surface area contributed by atoms with Crippen LogP contribution in [-0.2, 0) is 13.3 Å². The van der Waals surface area contributed by atoms with Gasteiger partial charge in [0.15, 0.2) is 0 Å². The highest BCUT2D eigenvalue weighted by Crippen LogP contribution is 2.14. The Hall–Kier alpha value is 0.314. The predicted octanol–water partition coefficient (Wildman–Crippen LogP) is 1.74. The van der Waals surface area contributed by atoms with Crippen molar-refractivity contribution >= 4 is 18.3 Å². The van der Waals surface area contributed by atoms with E-state index in [4.69, 9.17) is 13.3 Å². The van der Waals surface area contributed by atoms with Gasteiger partial charge in [0.1, 0.15) is 0 Å². The van der Waals surface area contributed by atoms with Crippen molar-refractivity contribution in [3.05, 3.63) is 0 Å². The summed E-state index contributed by atoms with van der Waals surface area (Å²) in [4.78, 5) is 0. The van der Waals surface area contributed by atoms with E-state index in [0.717, 1.165) is 15.2 Å². The molecule has 0 amide bonds. The van der Waals surface area contributed by atoms with Crippen LogP contribution in [0.5, 0.6) is 0 Å². The summed E-state index contributed by atoms with van der Waals surface area (Å²) in [6.45, 7) is 10.1. The van der Waals surface area contributed by atoms with Gasteiger partial charge in [-0.15, -0.1) is 0 Å². The van der Waals surface area contributed by atoms with Crippen molar-refractivity contribution < 1.29 is 13.3 Å². The van der Waals surface area contributed by atoms with Gasteiger partial charge in [-0.25, -0.2) is 0 Å². The van der Waals surface area contributed by atoms with Gasteiger partial charge >= 0.3 is 8.80 Å². The van der Waals surface area contributed by atoms with Crippen LogP contribution in [-0.4, -0.2) is 38.1 Å². The molecule has 0 atom stereocenters. The Bertz CT molecular complexity index is 92.4. The fourth-order valence-electron chi connectivity index (χ4n) is 1.15. The number of hydrogen-bond donors (Lipinski definition) is 0. The van der Waals surface area contributed by atoms with E-state index in [9.17, 15) is 0 Å². The quantitative estimate of drug-likeness (QED) is 0.583. The molecular weight excluding hydrogens is 200 g/mol. The maximum absolute atomic E-state index is 5.65. The summed E-state index contributed by atoms with van der Waals surface area (Å²) < 4.78 is 17.0. The smallest absolute Gasteiger partial charge is 0.374 e. The Labute approximate surface area is 85.0 Å². The molecule has 0 aliphatic carbocycles. The van der Waals surface area contributed by atoms with Crippen molar-refractivity contribution in [2.75, 3.05) is 19.8 Å². The van der Waals surface area contributed by atoms with E-state index < -0.39 is 8.80 Å². The van der Waals surface area contributed by atoms with Gasteiger partial charge in [0.2, 0.25) is 0 Å². The summed E-state index contributed by atoms with van der Waals surface area (Å²) in [5, 5.41) is 0. The van der Waals surface area contributed by atoms with E-state index in [1.54, 1.807) is 0 Å². The molecule has 0 unspecified atom stereocenters. The first-order valence-corrected chi connectivity index (χ1v) is 8.45. The summed E-state index contributed by atoms with van der Waals surface area (Å²) in [6.07, 6.45) is 0. The Balaban J connectivity index is 4.19. The van der Waals surface area contributed by atoms with Crippen LogP contribution in [0.25, 0.3) is 0 Å². The van der Waals surface area contributed by atoms with E-state index in [1.165, 1.54) is 0 Å². The van der Waals surface area contributed by atoms with E-state index in [2.05, 4.69) is 6.55 Å². The normalized spacial score (nSPS) is 12.0. The van der Waals surface area contributed by atoms with Gasteiger partial charge in [-0.3, -0.25) is 0 Å². The van der Waals surface area contributed by atoms with Crippen molar-refractivity contribution in [3.63, 3.8) is 0 Å². The highest BCUT2D eigenvalue weighted by Gasteiger charge is 2.38. The lowest BCUT2D eigenvalue weighted by Gasteiger charge is -2.27. The predicted molar refractivity (Wildman–Crippen MR) is 57.1 cm³/mol. The molecule has 78 valence electrons. The average Bonchev–Trinajstić information content (AvgIpc) is 2.06. The fraction of sp³-hybridized carbons (Fsp3) is 1.00. The molecule has 0 bridgehead atoms. The van der Waals surface area contributed by atoms with Gasteiger partial charge in [0.25, 0.3) is 0 Å². The SMILES string of the molecule is CCO[Si](C[Si]C)(OCC)OCC. The molecule has 0 rings (SSSR count). The first-order chi connectivity index (χ1) is 6.24. The third kappa shape index (κ3) is 4.92. The summed E-state index contributed by atoms with van der Waals surface area (Å²) in [7, 11) is -1.46. The highest BCUT2D eigenvalue weighted by molar-refractivity contribution is 6.71. The van der Waals surface area contributed by atoms with Crippen molar-refractivity contribution in [3.8, 4) is 0 Å². The zero-order chi connectivity index (χ0) is 10.2. The molecule has 0 aromatic carbocycles. The zero-order valence-corrected chi connectivity index (χ0v) is 11.1. The lowest BCUT2D eigenvalue weighted by Crippen LogP contribution is -2.46. The third-order valence-corrected chi connectivity index (χ3v) is 6.82. The Morgan fingerprint density at radius 2 is 1.31 bits per heavy atom. The van der Waals surface area contributed by atoms with Crippen LogP contribution in [0.4, 0.5) is 0 Å². The second kappa shape index (κ2) is 7.69. The standard InChI is InChI=1S/C8H20O3Si2/c1-5-9-13(8-12-4,10-6-2)11-7-3/h5-8H2,1-4H3. The van der Waals surface area contributed by atoms with Gasteiger partial charge in [-0.05, 0) is 20.8 Å². The van der Waals surface area contributed by atoms with Gasteiger partial charge in [0.05, 0.1) is 0 Å². The Kier molecular flexibility index (Phi) is 7.88. The average molecular weight is 220 g/mol. The van der Waals surface area contributed by atoms with Crippen LogP contribution in [0.1, 0.15) is 20.8 Å². The molecular formula is C8H20O3Si2. The van der Waals surface area contributed by atoms with Gasteiger partial charge in [-0.1, -0.05) is 6.55 Å².